The molecule has 7 heteroatoms. The highest BCUT2D eigenvalue weighted by atomic mass is 19.2. The summed E-state index contributed by atoms with van der Waals surface area (Å²) >= 11 is 0. The van der Waals surface area contributed by atoms with Gasteiger partial charge in [0.05, 0.1) is 5.69 Å². The molecule has 162 valence electrons. The van der Waals surface area contributed by atoms with E-state index in [9.17, 15) is 18.4 Å². The normalized spacial score (nSPS) is 16.9. The molecular weight excluding hydrogens is 376 g/mol. The molecule has 0 atom stereocenters. The Morgan fingerprint density at radius 2 is 1.62 bits per heavy atom. The predicted molar refractivity (Wildman–Crippen MR) is 111 cm³/mol. The first kappa shape index (κ1) is 23.3. The SMILES string of the molecule is CCC(=O)N1CCCN(C)CCCN(C(=O)CC(C)C)Cc2cc(F)c(F)cc21. The minimum absolute atomic E-state index is 0.0104. The van der Waals surface area contributed by atoms with Crippen LogP contribution in [0.4, 0.5) is 14.5 Å². The van der Waals surface area contributed by atoms with E-state index in [0.29, 0.717) is 30.8 Å². The molecule has 0 aromatic heterocycles. The molecular formula is C22H33F2N3O2. The number of fused-ring (bicyclic) bond motifs is 1. The van der Waals surface area contributed by atoms with Crippen molar-refractivity contribution in [2.24, 2.45) is 5.92 Å². The number of hydrogen-bond acceptors (Lipinski definition) is 3. The van der Waals surface area contributed by atoms with Crippen molar-refractivity contribution in [2.75, 3.05) is 38.1 Å². The van der Waals surface area contributed by atoms with E-state index in [2.05, 4.69) is 4.90 Å². The third-order valence-corrected chi connectivity index (χ3v) is 5.20. The Morgan fingerprint density at radius 3 is 2.24 bits per heavy atom. The van der Waals surface area contributed by atoms with Gasteiger partial charge in [0.15, 0.2) is 11.6 Å². The first-order valence-electron chi connectivity index (χ1n) is 10.5. The summed E-state index contributed by atoms with van der Waals surface area (Å²) in [6.45, 7) is 8.45. The van der Waals surface area contributed by atoms with Crippen molar-refractivity contribution in [3.05, 3.63) is 29.3 Å². The number of halogens is 2. The first-order valence-corrected chi connectivity index (χ1v) is 10.5. The highest BCUT2D eigenvalue weighted by molar-refractivity contribution is 5.94. The van der Waals surface area contributed by atoms with Crippen LogP contribution in [0.3, 0.4) is 0 Å². The predicted octanol–water partition coefficient (Wildman–Crippen LogP) is 3.81. The van der Waals surface area contributed by atoms with Crippen LogP contribution in [-0.4, -0.2) is 54.8 Å². The Balaban J connectivity index is 2.48. The summed E-state index contributed by atoms with van der Waals surface area (Å²) in [7, 11) is 2.01. The van der Waals surface area contributed by atoms with Gasteiger partial charge < -0.3 is 14.7 Å². The summed E-state index contributed by atoms with van der Waals surface area (Å²) in [5.41, 5.74) is 0.832. The van der Waals surface area contributed by atoms with Crippen molar-refractivity contribution in [3.63, 3.8) is 0 Å². The second-order valence-electron chi connectivity index (χ2n) is 8.22. The van der Waals surface area contributed by atoms with Gasteiger partial charge in [0, 0.05) is 38.5 Å². The van der Waals surface area contributed by atoms with Crippen LogP contribution in [0.1, 0.15) is 52.0 Å². The van der Waals surface area contributed by atoms with Crippen molar-refractivity contribution >= 4 is 17.5 Å². The zero-order valence-electron chi connectivity index (χ0n) is 18.0. The lowest BCUT2D eigenvalue weighted by molar-refractivity contribution is -0.132. The van der Waals surface area contributed by atoms with E-state index in [1.165, 1.54) is 0 Å². The van der Waals surface area contributed by atoms with Gasteiger partial charge in [0.1, 0.15) is 0 Å². The Morgan fingerprint density at radius 1 is 1.00 bits per heavy atom. The molecule has 5 nitrogen and oxygen atoms in total. The molecule has 1 aromatic carbocycles. The lowest BCUT2D eigenvalue weighted by atomic mass is 10.1. The zero-order chi connectivity index (χ0) is 21.6. The van der Waals surface area contributed by atoms with Crippen molar-refractivity contribution in [1.29, 1.82) is 0 Å². The summed E-state index contributed by atoms with van der Waals surface area (Å²) < 4.78 is 28.2. The second kappa shape index (κ2) is 10.7. The van der Waals surface area contributed by atoms with Gasteiger partial charge in [-0.05, 0) is 50.5 Å². The van der Waals surface area contributed by atoms with Crippen LogP contribution in [0.15, 0.2) is 12.1 Å². The monoisotopic (exact) mass is 409 g/mol. The Bertz CT molecular complexity index is 724. The van der Waals surface area contributed by atoms with Crippen molar-refractivity contribution in [1.82, 2.24) is 9.80 Å². The summed E-state index contributed by atoms with van der Waals surface area (Å²) in [4.78, 5) is 30.8. The van der Waals surface area contributed by atoms with E-state index in [-0.39, 0.29) is 30.7 Å². The van der Waals surface area contributed by atoms with Gasteiger partial charge in [-0.1, -0.05) is 20.8 Å². The maximum Gasteiger partial charge on any atom is 0.226 e. The van der Waals surface area contributed by atoms with Crippen LogP contribution >= 0.6 is 0 Å². The number of rotatable bonds is 3. The topological polar surface area (TPSA) is 43.9 Å². The van der Waals surface area contributed by atoms with E-state index < -0.39 is 11.6 Å². The standard InChI is InChI=1S/C22H33F2N3O2/c1-5-21(28)27-11-7-9-25(4)8-6-10-26(22(29)12-16(2)3)15-17-13-18(23)19(24)14-20(17)27/h13-14,16H,5-12,15H2,1-4H3. The number of hydrogen-bond donors (Lipinski definition) is 0. The second-order valence-corrected chi connectivity index (χ2v) is 8.22. The van der Waals surface area contributed by atoms with Crippen LogP contribution in [0.5, 0.6) is 0 Å². The Hall–Kier alpha value is -2.02. The van der Waals surface area contributed by atoms with Gasteiger partial charge in [-0.15, -0.1) is 0 Å². The number of carbonyl (C=O) groups is 2. The lowest BCUT2D eigenvalue weighted by Crippen LogP contribution is -2.38. The van der Waals surface area contributed by atoms with Gasteiger partial charge >= 0.3 is 0 Å². The fraction of sp³-hybridized carbons (Fsp3) is 0.636. The van der Waals surface area contributed by atoms with Crippen LogP contribution in [0, 0.1) is 17.6 Å². The summed E-state index contributed by atoms with van der Waals surface area (Å²) in [5.74, 6) is -1.90. The smallest absolute Gasteiger partial charge is 0.226 e. The van der Waals surface area contributed by atoms with E-state index in [4.69, 9.17) is 0 Å². The fourth-order valence-corrected chi connectivity index (χ4v) is 3.64. The molecule has 0 unspecified atom stereocenters. The third kappa shape index (κ3) is 6.49. The number of amides is 2. The molecule has 1 heterocycles. The lowest BCUT2D eigenvalue weighted by Gasteiger charge is -2.31. The van der Waals surface area contributed by atoms with Crippen LogP contribution in [-0.2, 0) is 16.1 Å². The minimum Gasteiger partial charge on any atom is -0.338 e. The summed E-state index contributed by atoms with van der Waals surface area (Å²) in [6, 6.07) is 2.23. The molecule has 0 aliphatic carbocycles. The van der Waals surface area contributed by atoms with E-state index in [0.717, 1.165) is 38.1 Å². The van der Waals surface area contributed by atoms with Crippen molar-refractivity contribution in [2.45, 2.75) is 53.0 Å². The number of nitrogens with zero attached hydrogens (tertiary/aromatic N) is 3. The molecule has 0 fully saturated rings. The first-order chi connectivity index (χ1) is 13.7. The van der Waals surface area contributed by atoms with Crippen molar-refractivity contribution < 1.29 is 18.4 Å². The molecule has 2 rings (SSSR count). The number of carbonyl (C=O) groups excluding carboxylic acids is 2. The van der Waals surface area contributed by atoms with Crippen molar-refractivity contribution in [3.8, 4) is 0 Å². The molecule has 29 heavy (non-hydrogen) atoms. The van der Waals surface area contributed by atoms with Crippen LogP contribution < -0.4 is 4.90 Å². The number of benzene rings is 1. The van der Waals surface area contributed by atoms with E-state index in [1.54, 1.807) is 16.7 Å². The molecule has 1 aromatic rings. The molecule has 0 radical (unpaired) electrons. The highest BCUT2D eigenvalue weighted by Gasteiger charge is 2.24. The zero-order valence-corrected chi connectivity index (χ0v) is 18.0. The van der Waals surface area contributed by atoms with Crippen LogP contribution in [0.2, 0.25) is 0 Å². The maximum atomic E-state index is 14.1. The molecule has 0 N–H and O–H groups in total. The van der Waals surface area contributed by atoms with E-state index in [1.807, 2.05) is 20.9 Å². The molecule has 1 aliphatic heterocycles. The molecule has 0 bridgehead atoms. The van der Waals surface area contributed by atoms with Crippen LogP contribution in [0.25, 0.3) is 0 Å². The molecule has 1 aliphatic rings. The molecule has 0 spiro atoms. The van der Waals surface area contributed by atoms with Gasteiger partial charge in [0.25, 0.3) is 0 Å². The largest absolute Gasteiger partial charge is 0.338 e. The fourth-order valence-electron chi connectivity index (χ4n) is 3.64. The quantitative estimate of drug-likeness (QED) is 0.763. The summed E-state index contributed by atoms with van der Waals surface area (Å²) in [6.07, 6.45) is 2.20. The molecule has 0 saturated heterocycles. The van der Waals surface area contributed by atoms with E-state index >= 15 is 0 Å². The van der Waals surface area contributed by atoms with Gasteiger partial charge in [0.2, 0.25) is 11.8 Å². The highest BCUT2D eigenvalue weighted by Crippen LogP contribution is 2.27. The molecule has 2 amide bonds. The third-order valence-electron chi connectivity index (χ3n) is 5.20. The maximum absolute atomic E-state index is 14.1. The van der Waals surface area contributed by atoms with Gasteiger partial charge in [-0.3, -0.25) is 9.59 Å². The number of anilines is 1. The summed E-state index contributed by atoms with van der Waals surface area (Å²) in [5, 5.41) is 0. The average molecular weight is 410 g/mol. The van der Waals surface area contributed by atoms with Gasteiger partial charge in [-0.25, -0.2) is 8.78 Å². The average Bonchev–Trinajstić information content (AvgIpc) is 2.65. The van der Waals surface area contributed by atoms with Gasteiger partial charge in [-0.2, -0.15) is 0 Å². The Kier molecular flexibility index (Phi) is 8.56. The Labute approximate surface area is 172 Å². The minimum atomic E-state index is -0.984. The molecule has 0 saturated carbocycles.